The van der Waals surface area contributed by atoms with Crippen molar-refractivity contribution in [2.75, 3.05) is 20.1 Å². The Morgan fingerprint density at radius 1 is 1.14 bits per heavy atom. The van der Waals surface area contributed by atoms with E-state index in [1.807, 2.05) is 0 Å². The maximum atomic E-state index is 3.73. The van der Waals surface area contributed by atoms with Crippen LogP contribution in [0.2, 0.25) is 0 Å². The first-order valence-corrected chi connectivity index (χ1v) is 8.77. The van der Waals surface area contributed by atoms with Crippen molar-refractivity contribution in [2.24, 2.45) is 0 Å². The number of benzene rings is 1. The molecule has 2 heteroatoms. The molecule has 0 bridgehead atoms. The van der Waals surface area contributed by atoms with E-state index in [0.29, 0.717) is 6.04 Å². The lowest BCUT2D eigenvalue weighted by Crippen LogP contribution is -2.42. The molecule has 1 saturated carbocycles. The van der Waals surface area contributed by atoms with E-state index in [2.05, 4.69) is 55.4 Å². The van der Waals surface area contributed by atoms with E-state index in [4.69, 9.17) is 0 Å². The van der Waals surface area contributed by atoms with Crippen molar-refractivity contribution in [3.05, 3.63) is 35.4 Å². The molecule has 1 fully saturated rings. The van der Waals surface area contributed by atoms with Gasteiger partial charge in [-0.2, -0.15) is 0 Å². The third-order valence-corrected chi connectivity index (χ3v) is 4.73. The van der Waals surface area contributed by atoms with E-state index < -0.39 is 0 Å². The van der Waals surface area contributed by atoms with Crippen molar-refractivity contribution in [1.29, 1.82) is 0 Å². The molecule has 0 spiro atoms. The molecular formula is C19H32N2. The Morgan fingerprint density at radius 3 is 2.38 bits per heavy atom. The van der Waals surface area contributed by atoms with Gasteiger partial charge in [0.15, 0.2) is 0 Å². The molecule has 21 heavy (non-hydrogen) atoms. The van der Waals surface area contributed by atoms with Crippen LogP contribution in [0.4, 0.5) is 0 Å². The lowest BCUT2D eigenvalue weighted by atomic mass is 9.91. The quantitative estimate of drug-likeness (QED) is 0.734. The van der Waals surface area contributed by atoms with Crippen molar-refractivity contribution in [3.63, 3.8) is 0 Å². The molecule has 1 atom stereocenters. The van der Waals surface area contributed by atoms with Gasteiger partial charge in [0, 0.05) is 18.6 Å². The minimum Gasteiger partial charge on any atom is -0.309 e. The normalized spacial score (nSPS) is 17.0. The summed E-state index contributed by atoms with van der Waals surface area (Å²) in [5, 5.41) is 3.73. The molecule has 0 amide bonds. The molecule has 1 unspecified atom stereocenters. The molecule has 0 aliphatic heterocycles. The second kappa shape index (κ2) is 8.55. The zero-order valence-corrected chi connectivity index (χ0v) is 14.1. The number of nitrogens with zero attached hydrogens (tertiary/aromatic N) is 1. The number of aryl methyl sites for hydroxylation is 1. The number of hydrogen-bond acceptors (Lipinski definition) is 2. The molecule has 118 valence electrons. The Morgan fingerprint density at radius 2 is 1.86 bits per heavy atom. The molecular weight excluding hydrogens is 256 g/mol. The van der Waals surface area contributed by atoms with Crippen LogP contribution in [-0.2, 0) is 6.42 Å². The SMILES string of the molecule is CCCNC(CN(C)C1CCC1)c1ccc(CCC)cc1. The Hall–Kier alpha value is -0.860. The average Bonchev–Trinajstić information content (AvgIpc) is 2.43. The predicted octanol–water partition coefficient (Wildman–Crippen LogP) is 4.16. The van der Waals surface area contributed by atoms with E-state index in [0.717, 1.165) is 19.1 Å². The van der Waals surface area contributed by atoms with Crippen molar-refractivity contribution in [2.45, 2.75) is 64.5 Å². The van der Waals surface area contributed by atoms with Gasteiger partial charge in [-0.25, -0.2) is 0 Å². The van der Waals surface area contributed by atoms with Crippen LogP contribution in [-0.4, -0.2) is 31.1 Å². The van der Waals surface area contributed by atoms with Crippen LogP contribution in [0, 0.1) is 0 Å². The maximum Gasteiger partial charge on any atom is 0.0449 e. The van der Waals surface area contributed by atoms with Gasteiger partial charge in [0.1, 0.15) is 0 Å². The maximum absolute atomic E-state index is 3.73. The summed E-state index contributed by atoms with van der Waals surface area (Å²) in [5.74, 6) is 0. The zero-order valence-electron chi connectivity index (χ0n) is 14.1. The summed E-state index contributed by atoms with van der Waals surface area (Å²) in [4.78, 5) is 2.55. The molecule has 1 aliphatic rings. The van der Waals surface area contributed by atoms with E-state index in [1.165, 1.54) is 49.7 Å². The van der Waals surface area contributed by atoms with Crippen LogP contribution in [0.3, 0.4) is 0 Å². The lowest BCUT2D eigenvalue weighted by Gasteiger charge is -2.37. The summed E-state index contributed by atoms with van der Waals surface area (Å²) < 4.78 is 0. The van der Waals surface area contributed by atoms with Crippen molar-refractivity contribution < 1.29 is 0 Å². The van der Waals surface area contributed by atoms with E-state index in [1.54, 1.807) is 0 Å². The predicted molar refractivity (Wildman–Crippen MR) is 91.7 cm³/mol. The van der Waals surface area contributed by atoms with Gasteiger partial charge in [0.25, 0.3) is 0 Å². The summed E-state index contributed by atoms with van der Waals surface area (Å²) in [6.45, 7) is 6.70. The van der Waals surface area contributed by atoms with Crippen molar-refractivity contribution >= 4 is 0 Å². The third kappa shape index (κ3) is 4.82. The van der Waals surface area contributed by atoms with E-state index in [-0.39, 0.29) is 0 Å². The lowest BCUT2D eigenvalue weighted by molar-refractivity contribution is 0.145. The first kappa shape index (κ1) is 16.5. The van der Waals surface area contributed by atoms with E-state index in [9.17, 15) is 0 Å². The van der Waals surface area contributed by atoms with Crippen LogP contribution in [0.1, 0.15) is 63.1 Å². The summed E-state index contributed by atoms with van der Waals surface area (Å²) >= 11 is 0. The van der Waals surface area contributed by atoms with Gasteiger partial charge in [0.2, 0.25) is 0 Å². The van der Waals surface area contributed by atoms with Crippen LogP contribution in [0.25, 0.3) is 0 Å². The summed E-state index contributed by atoms with van der Waals surface area (Å²) in [5.41, 5.74) is 2.90. The van der Waals surface area contributed by atoms with E-state index >= 15 is 0 Å². The van der Waals surface area contributed by atoms with Crippen LogP contribution >= 0.6 is 0 Å². The monoisotopic (exact) mass is 288 g/mol. The van der Waals surface area contributed by atoms with Crippen LogP contribution in [0.5, 0.6) is 0 Å². The topological polar surface area (TPSA) is 15.3 Å². The summed E-state index contributed by atoms with van der Waals surface area (Å²) in [6.07, 6.45) is 7.78. The number of nitrogens with one attached hydrogen (secondary N) is 1. The van der Waals surface area contributed by atoms with Crippen molar-refractivity contribution in [3.8, 4) is 0 Å². The Bertz CT molecular complexity index is 395. The van der Waals surface area contributed by atoms with Crippen LogP contribution in [0.15, 0.2) is 24.3 Å². The minimum atomic E-state index is 0.464. The molecule has 1 aromatic rings. The minimum absolute atomic E-state index is 0.464. The first-order chi connectivity index (χ1) is 10.2. The van der Waals surface area contributed by atoms with Gasteiger partial charge < -0.3 is 10.2 Å². The van der Waals surface area contributed by atoms with Gasteiger partial charge in [-0.15, -0.1) is 0 Å². The molecule has 2 rings (SSSR count). The fourth-order valence-corrected chi connectivity index (χ4v) is 3.08. The van der Waals surface area contributed by atoms with Gasteiger partial charge in [0.05, 0.1) is 0 Å². The van der Waals surface area contributed by atoms with Gasteiger partial charge >= 0.3 is 0 Å². The molecule has 1 aromatic carbocycles. The largest absolute Gasteiger partial charge is 0.309 e. The summed E-state index contributed by atoms with van der Waals surface area (Å²) in [7, 11) is 2.29. The highest BCUT2D eigenvalue weighted by Crippen LogP contribution is 2.25. The highest BCUT2D eigenvalue weighted by atomic mass is 15.2. The standard InChI is InChI=1S/C19H32N2/c1-4-7-16-10-12-17(13-11-16)19(20-14-5-2)15-21(3)18-8-6-9-18/h10-13,18-20H,4-9,14-15H2,1-3H3. The molecule has 0 heterocycles. The number of likely N-dealkylation sites (N-methyl/N-ethyl adjacent to an activating group) is 1. The number of rotatable bonds is 9. The fourth-order valence-electron chi connectivity index (χ4n) is 3.08. The Balaban J connectivity index is 1.99. The Kier molecular flexibility index (Phi) is 6.72. The Labute approximate surface area is 130 Å². The second-order valence-corrected chi connectivity index (χ2v) is 6.52. The summed E-state index contributed by atoms with van der Waals surface area (Å²) in [6, 6.07) is 10.5. The zero-order chi connectivity index (χ0) is 15.1. The molecule has 1 aliphatic carbocycles. The molecule has 0 aromatic heterocycles. The van der Waals surface area contributed by atoms with Gasteiger partial charge in [-0.05, 0) is 50.4 Å². The third-order valence-electron chi connectivity index (χ3n) is 4.73. The van der Waals surface area contributed by atoms with Gasteiger partial charge in [-0.1, -0.05) is 51.0 Å². The van der Waals surface area contributed by atoms with Gasteiger partial charge in [-0.3, -0.25) is 0 Å². The highest BCUT2D eigenvalue weighted by molar-refractivity contribution is 5.25. The van der Waals surface area contributed by atoms with Crippen LogP contribution < -0.4 is 5.32 Å². The smallest absolute Gasteiger partial charge is 0.0449 e. The second-order valence-electron chi connectivity index (χ2n) is 6.52. The average molecular weight is 288 g/mol. The van der Waals surface area contributed by atoms with Crippen molar-refractivity contribution in [1.82, 2.24) is 10.2 Å². The molecule has 1 N–H and O–H groups in total. The number of hydrogen-bond donors (Lipinski definition) is 1. The molecule has 0 saturated heterocycles. The molecule has 0 radical (unpaired) electrons. The first-order valence-electron chi connectivity index (χ1n) is 8.77. The fraction of sp³-hybridized carbons (Fsp3) is 0.684. The highest BCUT2D eigenvalue weighted by Gasteiger charge is 2.24. The molecule has 2 nitrogen and oxygen atoms in total.